The number of aromatic nitrogens is 1. The number of esters is 1. The molecule has 0 bridgehead atoms. The third kappa shape index (κ3) is 3.42. The zero-order valence-electron chi connectivity index (χ0n) is 13.0. The van der Waals surface area contributed by atoms with E-state index >= 15 is 0 Å². The van der Waals surface area contributed by atoms with Crippen LogP contribution >= 0.6 is 15.9 Å². The van der Waals surface area contributed by atoms with E-state index in [2.05, 4.69) is 20.9 Å². The van der Waals surface area contributed by atoms with E-state index in [1.165, 1.54) is 0 Å². The van der Waals surface area contributed by atoms with Crippen LogP contribution in [0.4, 0.5) is 0 Å². The summed E-state index contributed by atoms with van der Waals surface area (Å²) in [6, 6.07) is 7.76. The first-order chi connectivity index (χ1) is 11.1. The average Bonchev–Trinajstić information content (AvgIpc) is 2.97. The van der Waals surface area contributed by atoms with Gasteiger partial charge >= 0.3 is 5.97 Å². The van der Waals surface area contributed by atoms with Crippen molar-refractivity contribution in [1.82, 2.24) is 9.88 Å². The normalized spacial score (nSPS) is 15.8. The van der Waals surface area contributed by atoms with Crippen molar-refractivity contribution in [2.24, 2.45) is 5.92 Å². The number of hydrogen-bond donors (Lipinski definition) is 1. The highest BCUT2D eigenvalue weighted by Crippen LogP contribution is 2.23. The first-order valence-electron chi connectivity index (χ1n) is 7.82. The SMILES string of the molecule is CCOC(=O)C1CCN(C(=O)c2cc3ccc(Br)cc3[nH]2)CC1. The third-order valence-corrected chi connectivity index (χ3v) is 4.71. The summed E-state index contributed by atoms with van der Waals surface area (Å²) in [5.41, 5.74) is 1.52. The van der Waals surface area contributed by atoms with Crippen LogP contribution in [-0.4, -0.2) is 41.5 Å². The van der Waals surface area contributed by atoms with Crippen molar-refractivity contribution >= 4 is 38.7 Å². The summed E-state index contributed by atoms with van der Waals surface area (Å²) in [5.74, 6) is -0.243. The molecule has 122 valence electrons. The minimum absolute atomic E-state index is 0.0142. The highest BCUT2D eigenvalue weighted by molar-refractivity contribution is 9.10. The Kier molecular flexibility index (Phi) is 4.71. The minimum Gasteiger partial charge on any atom is -0.466 e. The van der Waals surface area contributed by atoms with Gasteiger partial charge in [0, 0.05) is 28.5 Å². The molecule has 0 radical (unpaired) electrons. The molecule has 0 unspecified atom stereocenters. The van der Waals surface area contributed by atoms with Gasteiger partial charge in [-0.25, -0.2) is 0 Å². The number of rotatable bonds is 3. The maximum absolute atomic E-state index is 12.6. The molecule has 2 heterocycles. The summed E-state index contributed by atoms with van der Waals surface area (Å²) in [4.78, 5) is 29.4. The molecule has 0 saturated carbocycles. The predicted octanol–water partition coefficient (Wildman–Crippen LogP) is 3.35. The molecule has 1 fully saturated rings. The van der Waals surface area contributed by atoms with Crippen LogP contribution in [0.3, 0.4) is 0 Å². The smallest absolute Gasteiger partial charge is 0.309 e. The third-order valence-electron chi connectivity index (χ3n) is 4.22. The molecule has 1 amide bonds. The van der Waals surface area contributed by atoms with Crippen molar-refractivity contribution < 1.29 is 14.3 Å². The van der Waals surface area contributed by atoms with E-state index in [0.717, 1.165) is 15.4 Å². The average molecular weight is 379 g/mol. The van der Waals surface area contributed by atoms with Crippen molar-refractivity contribution in [1.29, 1.82) is 0 Å². The molecule has 1 aliphatic rings. The Hall–Kier alpha value is -1.82. The zero-order valence-corrected chi connectivity index (χ0v) is 14.6. The molecule has 3 rings (SSSR count). The van der Waals surface area contributed by atoms with Gasteiger partial charge < -0.3 is 14.6 Å². The Morgan fingerprint density at radius 3 is 2.74 bits per heavy atom. The maximum Gasteiger partial charge on any atom is 0.309 e. The number of H-pyrrole nitrogens is 1. The zero-order chi connectivity index (χ0) is 16.4. The molecule has 1 N–H and O–H groups in total. The number of nitrogens with zero attached hydrogens (tertiary/aromatic N) is 1. The second-order valence-electron chi connectivity index (χ2n) is 5.73. The van der Waals surface area contributed by atoms with Crippen LogP contribution in [0.5, 0.6) is 0 Å². The van der Waals surface area contributed by atoms with E-state index in [1.807, 2.05) is 31.2 Å². The van der Waals surface area contributed by atoms with Crippen molar-refractivity contribution in [3.05, 3.63) is 34.4 Å². The number of fused-ring (bicyclic) bond motifs is 1. The lowest BCUT2D eigenvalue weighted by Crippen LogP contribution is -2.40. The summed E-state index contributed by atoms with van der Waals surface area (Å²) in [6.07, 6.45) is 1.33. The van der Waals surface area contributed by atoms with E-state index in [-0.39, 0.29) is 17.8 Å². The van der Waals surface area contributed by atoms with Gasteiger partial charge in [0.25, 0.3) is 5.91 Å². The van der Waals surface area contributed by atoms with Crippen molar-refractivity contribution in [2.45, 2.75) is 19.8 Å². The fourth-order valence-electron chi connectivity index (χ4n) is 2.96. The molecule has 2 aromatic rings. The number of carbonyl (C=O) groups is 2. The molecule has 6 heteroatoms. The number of amides is 1. The first-order valence-corrected chi connectivity index (χ1v) is 8.62. The molecule has 5 nitrogen and oxygen atoms in total. The van der Waals surface area contributed by atoms with Crippen LogP contribution in [0, 0.1) is 5.92 Å². The van der Waals surface area contributed by atoms with E-state index < -0.39 is 0 Å². The van der Waals surface area contributed by atoms with Crippen LogP contribution in [0.25, 0.3) is 10.9 Å². The van der Waals surface area contributed by atoms with E-state index in [0.29, 0.717) is 38.2 Å². The summed E-state index contributed by atoms with van der Waals surface area (Å²) in [7, 11) is 0. The van der Waals surface area contributed by atoms with Crippen LogP contribution in [0.2, 0.25) is 0 Å². The molecule has 1 aromatic heterocycles. The number of nitrogens with one attached hydrogen (secondary N) is 1. The molecule has 1 saturated heterocycles. The van der Waals surface area contributed by atoms with Gasteiger partial charge in [0.15, 0.2) is 0 Å². The molecule has 0 aliphatic carbocycles. The second kappa shape index (κ2) is 6.74. The second-order valence-corrected chi connectivity index (χ2v) is 6.65. The van der Waals surface area contributed by atoms with Gasteiger partial charge in [-0.3, -0.25) is 9.59 Å². The maximum atomic E-state index is 12.6. The Balaban J connectivity index is 1.67. The van der Waals surface area contributed by atoms with Gasteiger partial charge in [0.2, 0.25) is 0 Å². The Morgan fingerprint density at radius 1 is 1.30 bits per heavy atom. The van der Waals surface area contributed by atoms with Crippen molar-refractivity contribution in [3.8, 4) is 0 Å². The minimum atomic E-state index is -0.143. The molecular formula is C17H19BrN2O3. The molecule has 23 heavy (non-hydrogen) atoms. The van der Waals surface area contributed by atoms with Gasteiger partial charge in [-0.15, -0.1) is 0 Å². The number of aromatic amines is 1. The number of halogens is 1. The Morgan fingerprint density at radius 2 is 2.04 bits per heavy atom. The lowest BCUT2D eigenvalue weighted by atomic mass is 9.97. The highest BCUT2D eigenvalue weighted by Gasteiger charge is 2.29. The van der Waals surface area contributed by atoms with Crippen molar-refractivity contribution in [3.63, 3.8) is 0 Å². The lowest BCUT2D eigenvalue weighted by molar-refractivity contribution is -0.149. The summed E-state index contributed by atoms with van der Waals surface area (Å²) in [5, 5.41) is 1.01. The van der Waals surface area contributed by atoms with Gasteiger partial charge in [0.1, 0.15) is 5.69 Å². The van der Waals surface area contributed by atoms with Crippen LogP contribution in [0.1, 0.15) is 30.3 Å². The molecule has 1 aliphatic heterocycles. The summed E-state index contributed by atoms with van der Waals surface area (Å²) in [6.45, 7) is 3.39. The largest absolute Gasteiger partial charge is 0.466 e. The van der Waals surface area contributed by atoms with Crippen LogP contribution < -0.4 is 0 Å². The first kappa shape index (κ1) is 16.1. The van der Waals surface area contributed by atoms with E-state index in [1.54, 1.807) is 4.90 Å². The number of carbonyl (C=O) groups excluding carboxylic acids is 2. The monoisotopic (exact) mass is 378 g/mol. The molecule has 0 spiro atoms. The molecule has 1 aromatic carbocycles. The van der Waals surface area contributed by atoms with E-state index in [9.17, 15) is 9.59 Å². The molecule has 0 atom stereocenters. The quantitative estimate of drug-likeness (QED) is 0.832. The number of likely N-dealkylation sites (tertiary alicyclic amines) is 1. The number of ether oxygens (including phenoxy) is 1. The predicted molar refractivity (Wildman–Crippen MR) is 91.3 cm³/mol. The number of benzene rings is 1. The van der Waals surface area contributed by atoms with Crippen molar-refractivity contribution in [2.75, 3.05) is 19.7 Å². The summed E-state index contributed by atoms with van der Waals surface area (Å²) < 4.78 is 6.03. The Labute approximate surface area is 143 Å². The van der Waals surface area contributed by atoms with Gasteiger partial charge in [-0.05, 0) is 38.0 Å². The van der Waals surface area contributed by atoms with Gasteiger partial charge in [0.05, 0.1) is 12.5 Å². The standard InChI is InChI=1S/C17H19BrN2O3/c1-2-23-17(22)11-5-7-20(8-6-11)16(21)15-9-12-3-4-13(18)10-14(12)19-15/h3-4,9-11,19H,2,5-8H2,1H3. The van der Waals surface area contributed by atoms with Crippen LogP contribution in [-0.2, 0) is 9.53 Å². The Bertz CT molecular complexity index is 733. The number of piperidine rings is 1. The lowest BCUT2D eigenvalue weighted by Gasteiger charge is -2.30. The fraction of sp³-hybridized carbons (Fsp3) is 0.412. The topological polar surface area (TPSA) is 62.4 Å². The molecular weight excluding hydrogens is 360 g/mol. The van der Waals surface area contributed by atoms with E-state index in [4.69, 9.17) is 4.74 Å². The fourth-order valence-corrected chi connectivity index (χ4v) is 3.32. The van der Waals surface area contributed by atoms with Crippen LogP contribution in [0.15, 0.2) is 28.7 Å². The van der Waals surface area contributed by atoms with Gasteiger partial charge in [-0.1, -0.05) is 22.0 Å². The summed E-state index contributed by atoms with van der Waals surface area (Å²) >= 11 is 3.43. The van der Waals surface area contributed by atoms with Gasteiger partial charge in [-0.2, -0.15) is 0 Å². The number of hydrogen-bond acceptors (Lipinski definition) is 3. The highest BCUT2D eigenvalue weighted by atomic mass is 79.9.